The Morgan fingerprint density at radius 2 is 2.00 bits per heavy atom. The lowest BCUT2D eigenvalue weighted by Gasteiger charge is -2.42. The largest absolute Gasteiger partial charge is 0.368 e. The summed E-state index contributed by atoms with van der Waals surface area (Å²) < 4.78 is 1.59. The van der Waals surface area contributed by atoms with Crippen LogP contribution in [0.25, 0.3) is 0 Å². The second-order valence-corrected chi connectivity index (χ2v) is 7.42. The third kappa shape index (κ3) is 2.89. The lowest BCUT2D eigenvalue weighted by Crippen LogP contribution is -2.50. The summed E-state index contributed by atoms with van der Waals surface area (Å²) in [7, 11) is 0. The van der Waals surface area contributed by atoms with Crippen molar-refractivity contribution in [2.24, 2.45) is 5.73 Å². The molecule has 26 heavy (non-hydrogen) atoms. The zero-order valence-corrected chi connectivity index (χ0v) is 14.8. The molecule has 0 saturated heterocycles. The summed E-state index contributed by atoms with van der Waals surface area (Å²) in [6, 6.07) is 9.97. The van der Waals surface area contributed by atoms with E-state index in [4.69, 9.17) is 5.73 Å². The minimum absolute atomic E-state index is 0.0711. The summed E-state index contributed by atoms with van der Waals surface area (Å²) in [5.74, 6) is -0.319. The molecule has 1 atom stereocenters. The average Bonchev–Trinajstić information content (AvgIpc) is 2.97. The fraction of sp³-hybridized carbons (Fsp3) is 0.450. The molecule has 4 rings (SSSR count). The number of aromatic nitrogens is 2. The number of rotatable bonds is 5. The van der Waals surface area contributed by atoms with E-state index in [0.717, 1.165) is 55.3 Å². The van der Waals surface area contributed by atoms with Gasteiger partial charge in [-0.15, -0.1) is 0 Å². The average molecular weight is 352 g/mol. The first-order valence-electron chi connectivity index (χ1n) is 9.29. The second-order valence-electron chi connectivity index (χ2n) is 7.42. The van der Waals surface area contributed by atoms with Crippen molar-refractivity contribution in [2.45, 2.75) is 56.5 Å². The zero-order valence-electron chi connectivity index (χ0n) is 14.8. The minimum atomic E-state index is -0.414. The van der Waals surface area contributed by atoms with E-state index >= 15 is 0 Å². The number of nitrogens with one attached hydrogen (secondary N) is 1. The van der Waals surface area contributed by atoms with Gasteiger partial charge in [0.25, 0.3) is 0 Å². The van der Waals surface area contributed by atoms with Gasteiger partial charge in [0.1, 0.15) is 6.54 Å². The van der Waals surface area contributed by atoms with Gasteiger partial charge in [0.15, 0.2) is 0 Å². The fourth-order valence-electron chi connectivity index (χ4n) is 4.21. The number of primary amides is 1. The second kappa shape index (κ2) is 6.59. The Kier molecular flexibility index (Phi) is 4.26. The molecule has 0 spiro atoms. The number of nitrogens with zero attached hydrogens (tertiary/aromatic N) is 2. The molecule has 0 radical (unpaired) electrons. The highest BCUT2D eigenvalue weighted by molar-refractivity contribution is 5.89. The number of hydrogen-bond acceptors (Lipinski definition) is 3. The molecular formula is C20H24N4O2. The van der Waals surface area contributed by atoms with E-state index in [1.165, 1.54) is 0 Å². The van der Waals surface area contributed by atoms with Crippen LogP contribution in [0.15, 0.2) is 36.5 Å². The van der Waals surface area contributed by atoms with Gasteiger partial charge in [-0.2, -0.15) is 5.10 Å². The molecule has 2 aromatic rings. The van der Waals surface area contributed by atoms with Gasteiger partial charge in [0.2, 0.25) is 11.8 Å². The molecule has 1 fully saturated rings. The first-order valence-corrected chi connectivity index (χ1v) is 9.29. The van der Waals surface area contributed by atoms with Crippen molar-refractivity contribution >= 4 is 11.8 Å². The smallest absolute Gasteiger partial charge is 0.239 e. The maximum atomic E-state index is 13.2. The van der Waals surface area contributed by atoms with Crippen LogP contribution >= 0.6 is 0 Å². The Morgan fingerprint density at radius 1 is 1.23 bits per heavy atom. The maximum absolute atomic E-state index is 13.2. The molecule has 1 aromatic carbocycles. The van der Waals surface area contributed by atoms with Crippen LogP contribution in [0.4, 0.5) is 0 Å². The Balaban J connectivity index is 1.56. The van der Waals surface area contributed by atoms with Crippen molar-refractivity contribution in [1.29, 1.82) is 0 Å². The molecule has 0 aliphatic heterocycles. The first-order chi connectivity index (χ1) is 12.6. The number of aryl methyl sites for hydroxylation is 1. The van der Waals surface area contributed by atoms with Crippen molar-refractivity contribution in [3.8, 4) is 0 Å². The summed E-state index contributed by atoms with van der Waals surface area (Å²) in [4.78, 5) is 24.4. The summed E-state index contributed by atoms with van der Waals surface area (Å²) in [6.07, 6.45) is 7.53. The Bertz CT molecular complexity index is 824. The van der Waals surface area contributed by atoms with Crippen molar-refractivity contribution in [1.82, 2.24) is 15.1 Å². The molecule has 6 heteroatoms. The summed E-state index contributed by atoms with van der Waals surface area (Å²) in [5, 5.41) is 7.78. The number of fused-ring (bicyclic) bond motifs is 1. The minimum Gasteiger partial charge on any atom is -0.368 e. The van der Waals surface area contributed by atoms with Crippen LogP contribution in [0.1, 0.15) is 55.0 Å². The van der Waals surface area contributed by atoms with E-state index < -0.39 is 11.3 Å². The predicted octanol–water partition coefficient (Wildman–Crippen LogP) is 1.98. The fourth-order valence-corrected chi connectivity index (χ4v) is 4.21. The van der Waals surface area contributed by atoms with Crippen LogP contribution in [0, 0.1) is 0 Å². The van der Waals surface area contributed by atoms with Gasteiger partial charge in [0, 0.05) is 6.20 Å². The van der Waals surface area contributed by atoms with Crippen LogP contribution in [-0.4, -0.2) is 21.6 Å². The van der Waals surface area contributed by atoms with Gasteiger partial charge in [-0.3, -0.25) is 14.3 Å². The van der Waals surface area contributed by atoms with E-state index in [2.05, 4.69) is 10.4 Å². The monoisotopic (exact) mass is 352 g/mol. The molecule has 1 saturated carbocycles. The van der Waals surface area contributed by atoms with Crippen LogP contribution in [0.5, 0.6) is 0 Å². The molecule has 6 nitrogen and oxygen atoms in total. The number of hydrogen-bond donors (Lipinski definition) is 2. The van der Waals surface area contributed by atoms with Crippen molar-refractivity contribution in [3.05, 3.63) is 53.3 Å². The summed E-state index contributed by atoms with van der Waals surface area (Å²) >= 11 is 0. The topological polar surface area (TPSA) is 90.0 Å². The number of benzene rings is 1. The van der Waals surface area contributed by atoms with E-state index in [9.17, 15) is 9.59 Å². The van der Waals surface area contributed by atoms with E-state index in [0.29, 0.717) is 0 Å². The number of amides is 2. The molecule has 2 aliphatic rings. The van der Waals surface area contributed by atoms with Crippen molar-refractivity contribution in [2.75, 3.05) is 0 Å². The molecule has 0 bridgehead atoms. The van der Waals surface area contributed by atoms with Gasteiger partial charge in [-0.25, -0.2) is 0 Å². The lowest BCUT2D eigenvalue weighted by molar-refractivity contribution is -0.131. The van der Waals surface area contributed by atoms with E-state index in [1.807, 2.05) is 36.5 Å². The third-order valence-corrected chi connectivity index (χ3v) is 5.73. The quantitative estimate of drug-likeness (QED) is 0.862. The maximum Gasteiger partial charge on any atom is 0.239 e. The van der Waals surface area contributed by atoms with Crippen molar-refractivity contribution < 1.29 is 9.59 Å². The van der Waals surface area contributed by atoms with E-state index in [1.54, 1.807) is 4.68 Å². The number of carbonyl (C=O) groups is 2. The molecule has 2 amide bonds. The summed E-state index contributed by atoms with van der Waals surface area (Å²) in [5.41, 5.74) is 7.95. The molecule has 2 aliphatic carbocycles. The predicted molar refractivity (Wildman–Crippen MR) is 97.2 cm³/mol. The third-order valence-electron chi connectivity index (χ3n) is 5.73. The zero-order chi connectivity index (χ0) is 18.1. The molecule has 136 valence electrons. The normalized spacial score (nSPS) is 20.7. The molecular weight excluding hydrogens is 328 g/mol. The highest BCUT2D eigenvalue weighted by Gasteiger charge is 2.46. The highest BCUT2D eigenvalue weighted by atomic mass is 16.2. The summed E-state index contributed by atoms with van der Waals surface area (Å²) in [6.45, 7) is 0.0711. The van der Waals surface area contributed by atoms with Gasteiger partial charge in [-0.05, 0) is 43.2 Å². The Morgan fingerprint density at radius 3 is 2.65 bits per heavy atom. The molecule has 3 N–H and O–H groups in total. The molecule has 1 aromatic heterocycles. The highest BCUT2D eigenvalue weighted by Crippen LogP contribution is 2.44. The van der Waals surface area contributed by atoms with Crippen molar-refractivity contribution in [3.63, 3.8) is 0 Å². The van der Waals surface area contributed by atoms with Gasteiger partial charge >= 0.3 is 0 Å². The van der Waals surface area contributed by atoms with Crippen LogP contribution in [0.2, 0.25) is 0 Å². The molecule has 1 unspecified atom stereocenters. The van der Waals surface area contributed by atoms with E-state index in [-0.39, 0.29) is 18.5 Å². The molecule has 1 heterocycles. The van der Waals surface area contributed by atoms with Gasteiger partial charge in [0.05, 0.1) is 17.2 Å². The Labute approximate surface area is 152 Å². The van der Waals surface area contributed by atoms with Crippen LogP contribution < -0.4 is 11.1 Å². The standard InChI is InChI=1S/C20H24N4O2/c21-17(25)13-24-12-14-6-4-9-16(18(14)23-24)22-19(26)20(10-5-11-20)15-7-2-1-3-8-15/h1-3,7-8,12,16H,4-6,9-11,13H2,(H2,21,25)(H,22,26). The number of nitrogens with two attached hydrogens (primary N) is 1. The van der Waals surface area contributed by atoms with Gasteiger partial charge in [-0.1, -0.05) is 36.8 Å². The SMILES string of the molecule is NC(=O)Cn1cc2c(n1)C(NC(=O)C1(c3ccccc3)CCC1)CCC2. The van der Waals surface area contributed by atoms with Crippen LogP contribution in [-0.2, 0) is 28.0 Å². The number of carbonyl (C=O) groups excluding carboxylic acids is 2. The Hall–Kier alpha value is -2.63. The first kappa shape index (κ1) is 16.8. The lowest BCUT2D eigenvalue weighted by atomic mass is 9.63. The van der Waals surface area contributed by atoms with Crippen LogP contribution in [0.3, 0.4) is 0 Å². The van der Waals surface area contributed by atoms with Gasteiger partial charge < -0.3 is 11.1 Å².